The summed E-state index contributed by atoms with van der Waals surface area (Å²) in [7, 11) is 2.98. The summed E-state index contributed by atoms with van der Waals surface area (Å²) in [6.45, 7) is 2.20. The minimum Gasteiger partial charge on any atom is -0.497 e. The average Bonchev–Trinajstić information content (AvgIpc) is 3.00. The van der Waals surface area contributed by atoms with E-state index in [-0.39, 0.29) is 16.4 Å². The molecule has 0 spiro atoms. The van der Waals surface area contributed by atoms with E-state index in [1.165, 1.54) is 38.5 Å². The Morgan fingerprint density at radius 1 is 1.03 bits per heavy atom. The van der Waals surface area contributed by atoms with Gasteiger partial charge in [-0.3, -0.25) is 9.59 Å². The molecule has 31 heavy (non-hydrogen) atoms. The van der Waals surface area contributed by atoms with Gasteiger partial charge < -0.3 is 19.5 Å². The number of esters is 1. The van der Waals surface area contributed by atoms with E-state index in [2.05, 4.69) is 5.32 Å². The van der Waals surface area contributed by atoms with Crippen molar-refractivity contribution in [2.45, 2.75) is 13.3 Å². The molecule has 0 fully saturated rings. The van der Waals surface area contributed by atoms with E-state index >= 15 is 0 Å². The highest BCUT2D eigenvalue weighted by molar-refractivity contribution is 6.53. The van der Waals surface area contributed by atoms with E-state index in [4.69, 9.17) is 25.8 Å². The fourth-order valence-corrected chi connectivity index (χ4v) is 3.13. The zero-order chi connectivity index (χ0) is 22.5. The second-order valence-electron chi connectivity index (χ2n) is 6.51. The van der Waals surface area contributed by atoms with E-state index < -0.39 is 17.8 Å². The maximum Gasteiger partial charge on any atom is 0.338 e. The monoisotopic (exact) mass is 444 g/mol. The van der Waals surface area contributed by atoms with Crippen LogP contribution >= 0.6 is 11.6 Å². The largest absolute Gasteiger partial charge is 0.497 e. The van der Waals surface area contributed by atoms with Crippen LogP contribution in [-0.2, 0) is 14.3 Å². The highest BCUT2D eigenvalue weighted by atomic mass is 35.5. The van der Waals surface area contributed by atoms with Gasteiger partial charge in [0.25, 0.3) is 11.8 Å². The third-order valence-electron chi connectivity index (χ3n) is 4.49. The molecule has 2 aromatic carbocycles. The van der Waals surface area contributed by atoms with E-state index in [1.807, 2.05) is 6.92 Å². The molecule has 1 aliphatic heterocycles. The van der Waals surface area contributed by atoms with Crippen molar-refractivity contribution in [2.75, 3.05) is 31.0 Å². The average molecular weight is 445 g/mol. The van der Waals surface area contributed by atoms with Gasteiger partial charge >= 0.3 is 5.97 Å². The smallest absolute Gasteiger partial charge is 0.338 e. The van der Waals surface area contributed by atoms with Crippen LogP contribution in [0.4, 0.5) is 11.4 Å². The predicted octanol–water partition coefficient (Wildman–Crippen LogP) is 3.71. The molecule has 0 unspecified atom stereocenters. The first-order valence-electron chi connectivity index (χ1n) is 9.46. The molecule has 9 heteroatoms. The first-order valence-corrected chi connectivity index (χ1v) is 9.83. The van der Waals surface area contributed by atoms with Crippen LogP contribution in [0.15, 0.2) is 53.2 Å². The summed E-state index contributed by atoms with van der Waals surface area (Å²) in [4.78, 5) is 38.5. The van der Waals surface area contributed by atoms with Gasteiger partial charge in [0.1, 0.15) is 22.2 Å². The van der Waals surface area contributed by atoms with E-state index in [1.54, 1.807) is 18.2 Å². The number of anilines is 2. The van der Waals surface area contributed by atoms with Gasteiger partial charge in [0.05, 0.1) is 37.8 Å². The first-order chi connectivity index (χ1) is 14.9. The first kappa shape index (κ1) is 22.2. The van der Waals surface area contributed by atoms with E-state index in [0.29, 0.717) is 35.8 Å². The second kappa shape index (κ2) is 9.53. The number of methoxy groups -OCH3 is 2. The summed E-state index contributed by atoms with van der Waals surface area (Å²) in [5.41, 5.74) is 0.904. The van der Waals surface area contributed by atoms with Crippen molar-refractivity contribution in [2.24, 2.45) is 0 Å². The molecule has 2 aromatic rings. The number of halogens is 1. The normalized spacial score (nSPS) is 13.5. The molecule has 3 rings (SSSR count). The molecule has 2 amide bonds. The predicted molar refractivity (Wildman–Crippen MR) is 116 cm³/mol. The molecular weight excluding hydrogens is 424 g/mol. The maximum absolute atomic E-state index is 13.0. The van der Waals surface area contributed by atoms with Crippen molar-refractivity contribution >= 4 is 40.8 Å². The number of hydrogen-bond acceptors (Lipinski definition) is 7. The van der Waals surface area contributed by atoms with Crippen LogP contribution in [0.5, 0.6) is 11.5 Å². The molecule has 0 aromatic heterocycles. The number of imide groups is 1. The van der Waals surface area contributed by atoms with Gasteiger partial charge in [-0.2, -0.15) is 0 Å². The van der Waals surface area contributed by atoms with Crippen molar-refractivity contribution in [3.63, 3.8) is 0 Å². The lowest BCUT2D eigenvalue weighted by atomic mass is 10.2. The van der Waals surface area contributed by atoms with Crippen molar-refractivity contribution in [3.05, 3.63) is 58.8 Å². The maximum atomic E-state index is 13.0. The van der Waals surface area contributed by atoms with Gasteiger partial charge in [-0.05, 0) is 42.8 Å². The third kappa shape index (κ3) is 4.49. The van der Waals surface area contributed by atoms with Gasteiger partial charge in [-0.25, -0.2) is 9.69 Å². The molecule has 0 radical (unpaired) electrons. The number of benzene rings is 2. The van der Waals surface area contributed by atoms with E-state index in [0.717, 1.165) is 4.90 Å². The minimum absolute atomic E-state index is 0.0929. The summed E-state index contributed by atoms with van der Waals surface area (Å²) < 4.78 is 15.6. The number of rotatable bonds is 8. The summed E-state index contributed by atoms with van der Waals surface area (Å²) in [6.07, 6.45) is 0.707. The fourth-order valence-electron chi connectivity index (χ4n) is 2.92. The molecule has 8 nitrogen and oxygen atoms in total. The quantitative estimate of drug-likeness (QED) is 0.490. The van der Waals surface area contributed by atoms with Crippen LogP contribution in [-0.4, -0.2) is 38.6 Å². The standard InChI is InChI=1S/C22H21ClN2O6/c1-4-11-31-22(28)13-5-7-14(8-6-13)25-20(26)18(23)19(21(25)27)24-16-12-15(29-2)9-10-17(16)30-3/h5-10,12,24H,4,11H2,1-3H3. The van der Waals surface area contributed by atoms with Crippen LogP contribution in [0.3, 0.4) is 0 Å². The SMILES string of the molecule is CCCOC(=O)c1ccc(N2C(=O)C(Cl)=C(Nc3cc(OC)ccc3OC)C2=O)cc1. The van der Waals surface area contributed by atoms with Crippen LogP contribution in [0, 0.1) is 0 Å². The van der Waals surface area contributed by atoms with Crippen molar-refractivity contribution in [1.29, 1.82) is 0 Å². The molecule has 1 aliphatic rings. The number of amides is 2. The molecule has 162 valence electrons. The lowest BCUT2D eigenvalue weighted by Gasteiger charge is -2.16. The van der Waals surface area contributed by atoms with Gasteiger partial charge in [-0.1, -0.05) is 18.5 Å². The topological polar surface area (TPSA) is 94.2 Å². The molecule has 0 atom stereocenters. The number of nitrogens with zero attached hydrogens (tertiary/aromatic N) is 1. The Morgan fingerprint density at radius 2 is 1.74 bits per heavy atom. The number of ether oxygens (including phenoxy) is 3. The Labute approximate surface area is 184 Å². The van der Waals surface area contributed by atoms with Crippen LogP contribution in [0.1, 0.15) is 23.7 Å². The summed E-state index contributed by atoms with van der Waals surface area (Å²) in [5.74, 6) is -0.833. The number of carbonyl (C=O) groups excluding carboxylic acids is 3. The fraction of sp³-hybridized carbons (Fsp3) is 0.227. The van der Waals surface area contributed by atoms with Crippen molar-refractivity contribution in [3.8, 4) is 11.5 Å². The third-order valence-corrected chi connectivity index (χ3v) is 4.84. The van der Waals surface area contributed by atoms with Crippen LogP contribution in [0.25, 0.3) is 0 Å². The van der Waals surface area contributed by atoms with Crippen molar-refractivity contribution in [1.82, 2.24) is 0 Å². The van der Waals surface area contributed by atoms with Crippen LogP contribution < -0.4 is 19.7 Å². The number of hydrogen-bond donors (Lipinski definition) is 1. The Kier molecular flexibility index (Phi) is 6.81. The summed E-state index contributed by atoms with van der Waals surface area (Å²) in [5, 5.41) is 2.61. The van der Waals surface area contributed by atoms with Crippen molar-refractivity contribution < 1.29 is 28.6 Å². The Morgan fingerprint density at radius 3 is 2.35 bits per heavy atom. The minimum atomic E-state index is -0.683. The lowest BCUT2D eigenvalue weighted by Crippen LogP contribution is -2.32. The van der Waals surface area contributed by atoms with E-state index in [9.17, 15) is 14.4 Å². The zero-order valence-electron chi connectivity index (χ0n) is 17.2. The highest BCUT2D eigenvalue weighted by Gasteiger charge is 2.39. The van der Waals surface area contributed by atoms with Crippen LogP contribution in [0.2, 0.25) is 0 Å². The zero-order valence-corrected chi connectivity index (χ0v) is 18.0. The lowest BCUT2D eigenvalue weighted by molar-refractivity contribution is -0.120. The number of carbonyl (C=O) groups is 3. The van der Waals surface area contributed by atoms with Gasteiger partial charge in [0.15, 0.2) is 0 Å². The molecule has 1 heterocycles. The number of nitrogens with one attached hydrogen (secondary N) is 1. The Balaban J connectivity index is 1.84. The summed E-state index contributed by atoms with van der Waals surface area (Å²) in [6, 6.07) is 10.9. The molecule has 1 N–H and O–H groups in total. The molecule has 0 saturated carbocycles. The molecular formula is C22H21ClN2O6. The Bertz CT molecular complexity index is 1050. The molecule has 0 bridgehead atoms. The summed E-state index contributed by atoms with van der Waals surface area (Å²) >= 11 is 6.19. The van der Waals surface area contributed by atoms with Gasteiger partial charge in [-0.15, -0.1) is 0 Å². The van der Waals surface area contributed by atoms with Gasteiger partial charge in [0, 0.05) is 6.07 Å². The Hall–Kier alpha value is -3.52. The molecule has 0 aliphatic carbocycles. The highest BCUT2D eigenvalue weighted by Crippen LogP contribution is 2.34. The second-order valence-corrected chi connectivity index (χ2v) is 6.89. The van der Waals surface area contributed by atoms with Gasteiger partial charge in [0.2, 0.25) is 0 Å². The molecule has 0 saturated heterocycles.